The Labute approximate surface area is 178 Å². The molecule has 0 unspecified atom stereocenters. The van der Waals surface area contributed by atoms with Crippen molar-refractivity contribution in [2.24, 2.45) is 0 Å². The van der Waals surface area contributed by atoms with Gasteiger partial charge in [0.15, 0.2) is 5.69 Å². The van der Waals surface area contributed by atoms with Gasteiger partial charge in [-0.25, -0.2) is 14.8 Å². The number of aromatic nitrogens is 4. The molecule has 3 heterocycles. The SMILES string of the molecule is CCNC(=O)Nc1cc(-c2nc(C(F)(F)F)cs2)c(-c2ccc3cnncc3c2)cn1. The Kier molecular flexibility index (Phi) is 5.51. The topological polar surface area (TPSA) is 92.7 Å². The maximum Gasteiger partial charge on any atom is 0.434 e. The maximum atomic E-state index is 13.1. The molecule has 11 heteroatoms. The molecular formula is C20H15F3N6OS. The summed E-state index contributed by atoms with van der Waals surface area (Å²) in [6.45, 7) is 2.18. The lowest BCUT2D eigenvalue weighted by Gasteiger charge is -2.12. The molecule has 0 bridgehead atoms. The van der Waals surface area contributed by atoms with E-state index in [0.717, 1.165) is 33.1 Å². The van der Waals surface area contributed by atoms with E-state index in [1.165, 1.54) is 12.3 Å². The molecule has 0 fully saturated rings. The number of carbonyl (C=O) groups excluding carboxylic acids is 1. The van der Waals surface area contributed by atoms with Gasteiger partial charge in [-0.15, -0.1) is 11.3 Å². The first kappa shape index (κ1) is 20.7. The molecule has 0 saturated heterocycles. The largest absolute Gasteiger partial charge is 0.434 e. The second-order valence-electron chi connectivity index (χ2n) is 6.47. The molecule has 2 amide bonds. The van der Waals surface area contributed by atoms with E-state index in [-0.39, 0.29) is 10.8 Å². The van der Waals surface area contributed by atoms with Crippen LogP contribution >= 0.6 is 11.3 Å². The Morgan fingerprint density at radius 1 is 1.06 bits per heavy atom. The van der Waals surface area contributed by atoms with Crippen LogP contribution < -0.4 is 10.6 Å². The summed E-state index contributed by atoms with van der Waals surface area (Å²) in [6.07, 6.45) is 0.170. The Bertz CT molecular complexity index is 1260. The Hall–Kier alpha value is -3.60. The van der Waals surface area contributed by atoms with E-state index in [1.54, 1.807) is 19.3 Å². The van der Waals surface area contributed by atoms with E-state index in [1.807, 2.05) is 18.2 Å². The standard InChI is InChI=1S/C20H15F3N6OS/c1-2-24-19(30)29-17-6-14(18-28-16(10-31-18)20(21,22)23)15(9-25-17)11-3-4-12-7-26-27-8-13(12)5-11/h3-10H,2H2,1H3,(H2,24,25,29,30). The van der Waals surface area contributed by atoms with Gasteiger partial charge in [-0.3, -0.25) is 5.32 Å². The van der Waals surface area contributed by atoms with Gasteiger partial charge in [0.05, 0.1) is 12.4 Å². The number of anilines is 1. The minimum atomic E-state index is -4.55. The molecule has 0 aliphatic rings. The zero-order valence-corrected chi connectivity index (χ0v) is 16.9. The van der Waals surface area contributed by atoms with Gasteiger partial charge in [0.1, 0.15) is 10.8 Å². The third-order valence-corrected chi connectivity index (χ3v) is 5.24. The second-order valence-corrected chi connectivity index (χ2v) is 7.33. The number of rotatable bonds is 4. The van der Waals surface area contributed by atoms with Crippen molar-refractivity contribution in [3.63, 3.8) is 0 Å². The normalized spacial score (nSPS) is 11.5. The monoisotopic (exact) mass is 444 g/mol. The number of fused-ring (bicyclic) bond motifs is 1. The molecule has 31 heavy (non-hydrogen) atoms. The second kappa shape index (κ2) is 8.26. The molecule has 0 aliphatic carbocycles. The predicted molar refractivity (Wildman–Crippen MR) is 112 cm³/mol. The van der Waals surface area contributed by atoms with Gasteiger partial charge in [-0.05, 0) is 24.6 Å². The van der Waals surface area contributed by atoms with Gasteiger partial charge in [0, 0.05) is 40.0 Å². The van der Waals surface area contributed by atoms with E-state index in [2.05, 4.69) is 30.8 Å². The lowest BCUT2D eigenvalue weighted by atomic mass is 10.00. The van der Waals surface area contributed by atoms with E-state index in [9.17, 15) is 18.0 Å². The number of amides is 2. The fraction of sp³-hybridized carbons (Fsp3) is 0.150. The van der Waals surface area contributed by atoms with Gasteiger partial charge in [-0.2, -0.15) is 23.4 Å². The third kappa shape index (κ3) is 4.45. The van der Waals surface area contributed by atoms with Crippen molar-refractivity contribution >= 4 is 34.0 Å². The Morgan fingerprint density at radius 2 is 1.84 bits per heavy atom. The number of nitrogens with zero attached hydrogens (tertiary/aromatic N) is 4. The van der Waals surface area contributed by atoms with Crippen molar-refractivity contribution in [1.29, 1.82) is 0 Å². The molecule has 3 aromatic heterocycles. The first-order valence-electron chi connectivity index (χ1n) is 9.14. The number of thiazole rings is 1. The van der Waals surface area contributed by atoms with Crippen molar-refractivity contribution in [2.75, 3.05) is 11.9 Å². The number of pyridine rings is 1. The van der Waals surface area contributed by atoms with E-state index in [4.69, 9.17) is 0 Å². The summed E-state index contributed by atoms with van der Waals surface area (Å²) in [5, 5.41) is 15.7. The summed E-state index contributed by atoms with van der Waals surface area (Å²) in [4.78, 5) is 19.9. The van der Waals surface area contributed by atoms with Crippen molar-refractivity contribution < 1.29 is 18.0 Å². The lowest BCUT2D eigenvalue weighted by molar-refractivity contribution is -0.140. The molecule has 2 N–H and O–H groups in total. The Balaban J connectivity index is 1.83. The summed E-state index contributed by atoms with van der Waals surface area (Å²) in [7, 11) is 0. The fourth-order valence-electron chi connectivity index (χ4n) is 2.94. The number of benzene rings is 1. The first-order chi connectivity index (χ1) is 14.8. The van der Waals surface area contributed by atoms with Crippen molar-refractivity contribution in [2.45, 2.75) is 13.1 Å². The van der Waals surface area contributed by atoms with Gasteiger partial charge in [0.25, 0.3) is 0 Å². The van der Waals surface area contributed by atoms with Gasteiger partial charge in [0.2, 0.25) is 0 Å². The van der Waals surface area contributed by atoms with Crippen LogP contribution in [0.4, 0.5) is 23.8 Å². The number of halogens is 3. The number of nitrogens with one attached hydrogen (secondary N) is 2. The quantitative estimate of drug-likeness (QED) is 0.463. The van der Waals surface area contributed by atoms with E-state index < -0.39 is 17.9 Å². The van der Waals surface area contributed by atoms with Crippen LogP contribution in [0, 0.1) is 0 Å². The first-order valence-corrected chi connectivity index (χ1v) is 10.0. The molecular weight excluding hydrogens is 429 g/mol. The van der Waals surface area contributed by atoms with Crippen LogP contribution in [0.2, 0.25) is 0 Å². The number of carbonyl (C=O) groups is 1. The highest BCUT2D eigenvalue weighted by Gasteiger charge is 2.34. The van der Waals surface area contributed by atoms with Gasteiger partial charge >= 0.3 is 12.2 Å². The van der Waals surface area contributed by atoms with Gasteiger partial charge in [-0.1, -0.05) is 12.1 Å². The number of urea groups is 1. The molecule has 0 aliphatic heterocycles. The summed E-state index contributed by atoms with van der Waals surface area (Å²) >= 11 is 0.870. The van der Waals surface area contributed by atoms with Crippen LogP contribution in [0.5, 0.6) is 0 Å². The molecule has 4 rings (SSSR count). The number of hydrogen-bond donors (Lipinski definition) is 2. The summed E-state index contributed by atoms with van der Waals surface area (Å²) in [6, 6.07) is 6.55. The summed E-state index contributed by atoms with van der Waals surface area (Å²) < 4.78 is 39.3. The van der Waals surface area contributed by atoms with Crippen molar-refractivity contribution in [3.05, 3.63) is 53.9 Å². The van der Waals surface area contributed by atoms with Crippen LogP contribution in [0.1, 0.15) is 12.6 Å². The lowest BCUT2D eigenvalue weighted by Crippen LogP contribution is -2.28. The third-order valence-electron chi connectivity index (χ3n) is 4.37. The average Bonchev–Trinajstić information content (AvgIpc) is 3.24. The molecule has 0 saturated carbocycles. The van der Waals surface area contributed by atoms with Crippen LogP contribution in [0.3, 0.4) is 0 Å². The van der Waals surface area contributed by atoms with Crippen LogP contribution in [-0.4, -0.2) is 32.7 Å². The molecule has 158 valence electrons. The van der Waals surface area contributed by atoms with Crippen molar-refractivity contribution in [1.82, 2.24) is 25.5 Å². The predicted octanol–water partition coefficient (Wildman–Crippen LogP) is 4.98. The molecule has 1 aromatic carbocycles. The van der Waals surface area contributed by atoms with E-state index in [0.29, 0.717) is 17.7 Å². The minimum absolute atomic E-state index is 0.164. The zero-order valence-electron chi connectivity index (χ0n) is 16.1. The smallest absolute Gasteiger partial charge is 0.338 e. The number of alkyl halides is 3. The van der Waals surface area contributed by atoms with Crippen LogP contribution in [0.25, 0.3) is 32.5 Å². The molecule has 4 aromatic rings. The molecule has 0 atom stereocenters. The highest BCUT2D eigenvalue weighted by atomic mass is 32.1. The van der Waals surface area contributed by atoms with Crippen LogP contribution in [-0.2, 0) is 6.18 Å². The van der Waals surface area contributed by atoms with Crippen LogP contribution in [0.15, 0.2) is 48.2 Å². The van der Waals surface area contributed by atoms with Crippen molar-refractivity contribution in [3.8, 4) is 21.7 Å². The summed E-state index contributed by atoms with van der Waals surface area (Å²) in [5.41, 5.74) is 0.741. The highest BCUT2D eigenvalue weighted by Crippen LogP contribution is 2.38. The molecule has 0 radical (unpaired) electrons. The highest BCUT2D eigenvalue weighted by molar-refractivity contribution is 7.13. The molecule has 0 spiro atoms. The average molecular weight is 444 g/mol. The van der Waals surface area contributed by atoms with E-state index >= 15 is 0 Å². The number of hydrogen-bond acceptors (Lipinski definition) is 6. The zero-order chi connectivity index (χ0) is 22.0. The fourth-order valence-corrected chi connectivity index (χ4v) is 3.80. The minimum Gasteiger partial charge on any atom is -0.338 e. The summed E-state index contributed by atoms with van der Waals surface area (Å²) in [5.74, 6) is 0.195. The maximum absolute atomic E-state index is 13.1. The Morgan fingerprint density at radius 3 is 2.55 bits per heavy atom. The van der Waals surface area contributed by atoms with Gasteiger partial charge < -0.3 is 5.32 Å². The molecule has 7 nitrogen and oxygen atoms in total.